The molecule has 0 bridgehead atoms. The second-order valence-electron chi connectivity index (χ2n) is 9.71. The van der Waals surface area contributed by atoms with Crippen LogP contribution in [0.15, 0.2) is 48.5 Å². The van der Waals surface area contributed by atoms with Crippen LogP contribution < -0.4 is 5.32 Å². The first-order valence-electron chi connectivity index (χ1n) is 12.7. The second kappa shape index (κ2) is 12.1. The van der Waals surface area contributed by atoms with Crippen LogP contribution >= 0.6 is 0 Å². The van der Waals surface area contributed by atoms with Crippen LogP contribution in [0.3, 0.4) is 0 Å². The maximum Gasteiger partial charge on any atom is 0.227 e. The molecule has 36 heavy (non-hydrogen) atoms. The summed E-state index contributed by atoms with van der Waals surface area (Å²) in [5.41, 5.74) is 1.33. The number of benzene rings is 2. The van der Waals surface area contributed by atoms with Gasteiger partial charge in [-0.3, -0.25) is 14.4 Å². The van der Waals surface area contributed by atoms with Crippen LogP contribution in [0, 0.1) is 23.5 Å². The van der Waals surface area contributed by atoms with Gasteiger partial charge >= 0.3 is 0 Å². The summed E-state index contributed by atoms with van der Waals surface area (Å²) in [7, 11) is 0. The lowest BCUT2D eigenvalue weighted by atomic mass is 9.92. The van der Waals surface area contributed by atoms with Crippen LogP contribution in [0.2, 0.25) is 0 Å². The van der Waals surface area contributed by atoms with Gasteiger partial charge in [-0.1, -0.05) is 30.3 Å². The van der Waals surface area contributed by atoms with Crippen molar-refractivity contribution in [2.75, 3.05) is 32.7 Å². The fourth-order valence-electron chi connectivity index (χ4n) is 5.08. The van der Waals surface area contributed by atoms with Crippen LogP contribution in [0.5, 0.6) is 0 Å². The average molecular weight is 498 g/mol. The van der Waals surface area contributed by atoms with Crippen LogP contribution in [0.4, 0.5) is 8.78 Å². The van der Waals surface area contributed by atoms with Crippen LogP contribution in [-0.2, 0) is 27.2 Å². The molecular formula is C28H33F2N3O3. The zero-order valence-corrected chi connectivity index (χ0v) is 20.4. The number of hydrogen-bond acceptors (Lipinski definition) is 3. The van der Waals surface area contributed by atoms with Gasteiger partial charge in [0.15, 0.2) is 0 Å². The van der Waals surface area contributed by atoms with Crippen LogP contribution in [0.1, 0.15) is 36.8 Å². The molecule has 2 aliphatic rings. The van der Waals surface area contributed by atoms with Crippen LogP contribution in [0.25, 0.3) is 0 Å². The minimum atomic E-state index is -0.335. The molecule has 1 atom stereocenters. The number of halogens is 2. The topological polar surface area (TPSA) is 69.7 Å². The van der Waals surface area contributed by atoms with Gasteiger partial charge in [0.25, 0.3) is 0 Å². The molecule has 6 nitrogen and oxygen atoms in total. The van der Waals surface area contributed by atoms with Gasteiger partial charge in [0.1, 0.15) is 11.6 Å². The van der Waals surface area contributed by atoms with Crippen molar-refractivity contribution in [3.05, 3.63) is 71.3 Å². The Hall–Kier alpha value is -3.29. The molecule has 2 saturated heterocycles. The highest BCUT2D eigenvalue weighted by Gasteiger charge is 2.34. The van der Waals surface area contributed by atoms with E-state index in [-0.39, 0.29) is 47.6 Å². The molecule has 1 unspecified atom stereocenters. The van der Waals surface area contributed by atoms with Crippen molar-refractivity contribution in [1.82, 2.24) is 15.1 Å². The van der Waals surface area contributed by atoms with Gasteiger partial charge < -0.3 is 15.1 Å². The van der Waals surface area contributed by atoms with Gasteiger partial charge in [0.05, 0.1) is 12.3 Å². The van der Waals surface area contributed by atoms with E-state index in [1.807, 2.05) is 4.90 Å². The zero-order chi connectivity index (χ0) is 25.5. The number of nitrogens with one attached hydrogen (secondary N) is 1. The van der Waals surface area contributed by atoms with Gasteiger partial charge in [0, 0.05) is 38.6 Å². The Morgan fingerprint density at radius 1 is 0.861 bits per heavy atom. The molecule has 4 rings (SSSR count). The molecule has 192 valence electrons. The van der Waals surface area contributed by atoms with Gasteiger partial charge in [-0.15, -0.1) is 0 Å². The van der Waals surface area contributed by atoms with Gasteiger partial charge in [-0.2, -0.15) is 0 Å². The first-order valence-corrected chi connectivity index (χ1v) is 12.7. The maximum absolute atomic E-state index is 13.7. The summed E-state index contributed by atoms with van der Waals surface area (Å²) in [5.74, 6) is -1.04. The van der Waals surface area contributed by atoms with Crippen molar-refractivity contribution >= 4 is 17.7 Å². The first-order chi connectivity index (χ1) is 17.4. The molecule has 0 aliphatic carbocycles. The van der Waals surface area contributed by atoms with Crippen molar-refractivity contribution in [1.29, 1.82) is 0 Å². The smallest absolute Gasteiger partial charge is 0.227 e. The lowest BCUT2D eigenvalue weighted by molar-refractivity contribution is -0.143. The van der Waals surface area contributed by atoms with E-state index >= 15 is 0 Å². The van der Waals surface area contributed by atoms with E-state index in [1.165, 1.54) is 18.2 Å². The maximum atomic E-state index is 13.7. The highest BCUT2D eigenvalue weighted by atomic mass is 19.1. The van der Waals surface area contributed by atoms with Crippen molar-refractivity contribution in [3.63, 3.8) is 0 Å². The van der Waals surface area contributed by atoms with E-state index in [0.29, 0.717) is 57.5 Å². The van der Waals surface area contributed by atoms with Crippen molar-refractivity contribution in [2.24, 2.45) is 11.8 Å². The third-order valence-corrected chi connectivity index (χ3v) is 7.22. The number of rotatable bonds is 7. The van der Waals surface area contributed by atoms with Crippen molar-refractivity contribution < 1.29 is 23.2 Å². The van der Waals surface area contributed by atoms with Gasteiger partial charge in [0.2, 0.25) is 17.7 Å². The van der Waals surface area contributed by atoms with Gasteiger partial charge in [-0.25, -0.2) is 8.78 Å². The molecule has 2 aromatic carbocycles. The zero-order valence-electron chi connectivity index (χ0n) is 20.4. The largest absolute Gasteiger partial charge is 0.356 e. The summed E-state index contributed by atoms with van der Waals surface area (Å²) in [6.07, 6.45) is 3.34. The molecule has 0 spiro atoms. The van der Waals surface area contributed by atoms with Crippen molar-refractivity contribution in [2.45, 2.75) is 38.5 Å². The number of carbonyl (C=O) groups excluding carboxylic acids is 3. The number of carbonyl (C=O) groups is 3. The first kappa shape index (κ1) is 25.8. The van der Waals surface area contributed by atoms with E-state index in [9.17, 15) is 23.2 Å². The van der Waals surface area contributed by atoms with Gasteiger partial charge in [-0.05, 0) is 61.4 Å². The molecule has 3 amide bonds. The molecule has 8 heteroatoms. The predicted molar refractivity (Wildman–Crippen MR) is 132 cm³/mol. The number of nitrogens with zero attached hydrogens (tertiary/aromatic N) is 2. The minimum Gasteiger partial charge on any atom is -0.356 e. The molecule has 0 aromatic heterocycles. The predicted octanol–water partition coefficient (Wildman–Crippen LogP) is 3.34. The molecular weight excluding hydrogens is 464 g/mol. The summed E-state index contributed by atoms with van der Waals surface area (Å²) in [6.45, 7) is 2.44. The molecule has 0 saturated carbocycles. The summed E-state index contributed by atoms with van der Waals surface area (Å²) < 4.78 is 26.9. The third-order valence-electron chi connectivity index (χ3n) is 7.22. The Morgan fingerprint density at radius 3 is 2.31 bits per heavy atom. The molecule has 2 heterocycles. The fourth-order valence-corrected chi connectivity index (χ4v) is 5.08. The number of likely N-dealkylation sites (tertiary alicyclic amines) is 2. The summed E-state index contributed by atoms with van der Waals surface area (Å²) in [6, 6.07) is 12.5. The normalized spacial score (nSPS) is 18.7. The van der Waals surface area contributed by atoms with Crippen LogP contribution in [-0.4, -0.2) is 60.2 Å². The van der Waals surface area contributed by atoms with E-state index < -0.39 is 0 Å². The van der Waals surface area contributed by atoms with E-state index in [1.54, 1.807) is 35.2 Å². The lowest BCUT2D eigenvalue weighted by Gasteiger charge is -2.37. The molecule has 2 aliphatic heterocycles. The van der Waals surface area contributed by atoms with E-state index in [0.717, 1.165) is 18.4 Å². The summed E-state index contributed by atoms with van der Waals surface area (Å²) in [5, 5.41) is 2.90. The summed E-state index contributed by atoms with van der Waals surface area (Å²) in [4.78, 5) is 42.0. The second-order valence-corrected chi connectivity index (χ2v) is 9.71. The minimum absolute atomic E-state index is 0.0475. The number of amides is 3. The third kappa shape index (κ3) is 6.68. The highest BCUT2D eigenvalue weighted by Crippen LogP contribution is 2.24. The number of hydrogen-bond donors (Lipinski definition) is 1. The Bertz CT molecular complexity index is 1070. The standard InChI is InChI=1S/C28H33F2N3O3/c29-24-9-7-20(8-10-24)18-26(34)33-15-3-5-23(19-33)28(36)32-16-12-22(13-17-32)27(35)31-14-11-21-4-1-2-6-25(21)30/h1-2,4,6-10,22-23H,3,5,11-19H2,(H,31,35). The number of piperidine rings is 2. The monoisotopic (exact) mass is 497 g/mol. The molecule has 0 radical (unpaired) electrons. The lowest BCUT2D eigenvalue weighted by Crippen LogP contribution is -2.50. The quantitative estimate of drug-likeness (QED) is 0.638. The van der Waals surface area contributed by atoms with E-state index in [4.69, 9.17) is 0 Å². The molecule has 2 fully saturated rings. The van der Waals surface area contributed by atoms with E-state index in [2.05, 4.69) is 5.32 Å². The Kier molecular flexibility index (Phi) is 8.67. The fraction of sp³-hybridized carbons (Fsp3) is 0.464. The molecule has 1 N–H and O–H groups in total. The Morgan fingerprint density at radius 2 is 1.58 bits per heavy atom. The Labute approximate surface area is 210 Å². The highest BCUT2D eigenvalue weighted by molar-refractivity contribution is 5.83. The van der Waals surface area contributed by atoms with Crippen molar-refractivity contribution in [3.8, 4) is 0 Å². The average Bonchev–Trinajstić information content (AvgIpc) is 2.90. The Balaban J connectivity index is 1.21. The summed E-state index contributed by atoms with van der Waals surface area (Å²) >= 11 is 0. The SMILES string of the molecule is O=C(NCCc1ccccc1F)C1CCN(C(=O)C2CCCN(C(=O)Cc3ccc(F)cc3)C2)CC1. The molecule has 2 aromatic rings.